The largest absolute Gasteiger partial charge is 0.465 e. The summed E-state index contributed by atoms with van der Waals surface area (Å²) in [6, 6.07) is -0.215. The van der Waals surface area contributed by atoms with E-state index in [0.717, 1.165) is 6.42 Å². The third-order valence-corrected chi connectivity index (χ3v) is 1.64. The minimum absolute atomic E-state index is 0.193. The van der Waals surface area contributed by atoms with Crippen molar-refractivity contribution in [3.63, 3.8) is 0 Å². The number of carbonyl (C=O) groups is 1. The summed E-state index contributed by atoms with van der Waals surface area (Å²) in [5.74, 6) is 2.31. The lowest BCUT2D eigenvalue weighted by Crippen LogP contribution is -2.37. The highest BCUT2D eigenvalue weighted by Gasteiger charge is 2.15. The zero-order valence-electron chi connectivity index (χ0n) is 8.30. The van der Waals surface area contributed by atoms with Gasteiger partial charge < -0.3 is 10.1 Å². The third kappa shape index (κ3) is 5.26. The van der Waals surface area contributed by atoms with Gasteiger partial charge in [0.05, 0.1) is 6.61 Å². The van der Waals surface area contributed by atoms with Gasteiger partial charge in [-0.15, -0.1) is 12.3 Å². The Morgan fingerprint density at radius 3 is 2.77 bits per heavy atom. The molecule has 0 spiro atoms. The predicted molar refractivity (Wildman–Crippen MR) is 52.2 cm³/mol. The Morgan fingerprint density at radius 2 is 2.31 bits per heavy atom. The second kappa shape index (κ2) is 7.63. The Bertz CT molecular complexity index is 184. The summed E-state index contributed by atoms with van der Waals surface area (Å²) >= 11 is 0. The fraction of sp³-hybridized carbons (Fsp3) is 0.700. The van der Waals surface area contributed by atoms with Crippen LogP contribution in [-0.2, 0) is 9.53 Å². The van der Waals surface area contributed by atoms with Gasteiger partial charge in [-0.3, -0.25) is 4.79 Å². The van der Waals surface area contributed by atoms with Crippen LogP contribution in [0.25, 0.3) is 0 Å². The zero-order chi connectivity index (χ0) is 10.1. The van der Waals surface area contributed by atoms with E-state index in [1.807, 2.05) is 6.92 Å². The fourth-order valence-corrected chi connectivity index (χ4v) is 0.956. The van der Waals surface area contributed by atoms with Gasteiger partial charge in [0.1, 0.15) is 6.04 Å². The molecule has 0 saturated carbocycles. The highest BCUT2D eigenvalue weighted by atomic mass is 16.5. The quantitative estimate of drug-likeness (QED) is 0.378. The first-order valence-electron chi connectivity index (χ1n) is 4.59. The molecule has 74 valence electrons. The molecule has 3 nitrogen and oxygen atoms in total. The summed E-state index contributed by atoms with van der Waals surface area (Å²) < 4.78 is 4.87. The molecule has 3 heteroatoms. The van der Waals surface area contributed by atoms with Gasteiger partial charge in [-0.25, -0.2) is 0 Å². The first kappa shape index (κ1) is 12.0. The van der Waals surface area contributed by atoms with Crippen LogP contribution in [0.5, 0.6) is 0 Å². The minimum Gasteiger partial charge on any atom is -0.465 e. The Morgan fingerprint density at radius 1 is 1.62 bits per heavy atom. The number of ether oxygens (including phenoxy) is 1. The van der Waals surface area contributed by atoms with Crippen molar-refractivity contribution in [1.82, 2.24) is 5.32 Å². The van der Waals surface area contributed by atoms with Crippen molar-refractivity contribution in [2.24, 2.45) is 0 Å². The molecule has 0 aliphatic heterocycles. The van der Waals surface area contributed by atoms with E-state index in [0.29, 0.717) is 19.6 Å². The van der Waals surface area contributed by atoms with E-state index in [1.54, 1.807) is 6.92 Å². The molecule has 0 radical (unpaired) electrons. The van der Waals surface area contributed by atoms with E-state index in [9.17, 15) is 4.79 Å². The van der Waals surface area contributed by atoms with Crippen molar-refractivity contribution >= 4 is 5.97 Å². The number of hydrogen-bond acceptors (Lipinski definition) is 3. The van der Waals surface area contributed by atoms with Crippen LogP contribution >= 0.6 is 0 Å². The Kier molecular flexibility index (Phi) is 7.04. The number of hydrogen-bond donors (Lipinski definition) is 1. The third-order valence-electron chi connectivity index (χ3n) is 1.64. The zero-order valence-corrected chi connectivity index (χ0v) is 8.30. The maximum atomic E-state index is 11.2. The summed E-state index contributed by atoms with van der Waals surface area (Å²) in [6.07, 6.45) is 6.45. The lowest BCUT2D eigenvalue weighted by molar-refractivity contribution is -0.145. The van der Waals surface area contributed by atoms with Crippen LogP contribution in [0.15, 0.2) is 0 Å². The van der Waals surface area contributed by atoms with Gasteiger partial charge in [-0.1, -0.05) is 6.92 Å². The van der Waals surface area contributed by atoms with Crippen LogP contribution in [-0.4, -0.2) is 25.2 Å². The molecular weight excluding hydrogens is 166 g/mol. The molecule has 0 heterocycles. The first-order chi connectivity index (χ1) is 6.26. The molecule has 0 bridgehead atoms. The second-order valence-electron chi connectivity index (χ2n) is 2.62. The molecule has 0 aliphatic rings. The number of carbonyl (C=O) groups excluding carboxylic acids is 1. The standard InChI is InChI=1S/C10H17NO2/c1-4-7-8-11-9(5-2)10(12)13-6-3/h1,9,11H,5-8H2,2-3H3. The summed E-state index contributed by atoms with van der Waals surface area (Å²) in [6.45, 7) is 4.82. The normalized spacial score (nSPS) is 11.8. The molecule has 0 rings (SSSR count). The van der Waals surface area contributed by atoms with E-state index in [2.05, 4.69) is 11.2 Å². The van der Waals surface area contributed by atoms with Gasteiger partial charge in [-0.05, 0) is 13.3 Å². The van der Waals surface area contributed by atoms with Crippen LogP contribution < -0.4 is 5.32 Å². The van der Waals surface area contributed by atoms with E-state index in [4.69, 9.17) is 11.2 Å². The molecule has 0 aromatic heterocycles. The maximum Gasteiger partial charge on any atom is 0.323 e. The highest BCUT2D eigenvalue weighted by Crippen LogP contribution is 1.94. The minimum atomic E-state index is -0.215. The molecule has 0 aromatic carbocycles. The lowest BCUT2D eigenvalue weighted by Gasteiger charge is -2.14. The van der Waals surface area contributed by atoms with Gasteiger partial charge in [0, 0.05) is 13.0 Å². The molecule has 0 aliphatic carbocycles. The Labute approximate surface area is 79.8 Å². The van der Waals surface area contributed by atoms with Gasteiger partial charge in [0.25, 0.3) is 0 Å². The van der Waals surface area contributed by atoms with Gasteiger partial charge >= 0.3 is 5.97 Å². The van der Waals surface area contributed by atoms with Crippen molar-refractivity contribution in [3.8, 4) is 12.3 Å². The topological polar surface area (TPSA) is 38.3 Å². The van der Waals surface area contributed by atoms with Crippen LogP contribution in [0.1, 0.15) is 26.7 Å². The van der Waals surface area contributed by atoms with Crippen LogP contribution in [0, 0.1) is 12.3 Å². The number of rotatable bonds is 6. The van der Waals surface area contributed by atoms with Crippen molar-refractivity contribution in [1.29, 1.82) is 0 Å². The molecular formula is C10H17NO2. The summed E-state index contributed by atoms with van der Waals surface area (Å²) in [5, 5.41) is 3.04. The molecule has 0 aromatic rings. The molecule has 1 atom stereocenters. The van der Waals surface area contributed by atoms with E-state index >= 15 is 0 Å². The van der Waals surface area contributed by atoms with Crippen LogP contribution in [0.3, 0.4) is 0 Å². The molecule has 1 N–H and O–H groups in total. The highest BCUT2D eigenvalue weighted by molar-refractivity contribution is 5.75. The second-order valence-corrected chi connectivity index (χ2v) is 2.62. The van der Waals surface area contributed by atoms with Crippen molar-refractivity contribution in [2.45, 2.75) is 32.7 Å². The predicted octanol–water partition coefficient (Wildman–Crippen LogP) is 0.941. The monoisotopic (exact) mass is 183 g/mol. The summed E-state index contributed by atoms with van der Waals surface area (Å²) in [4.78, 5) is 11.2. The average molecular weight is 183 g/mol. The van der Waals surface area contributed by atoms with Crippen molar-refractivity contribution in [2.75, 3.05) is 13.2 Å². The molecule has 0 saturated heterocycles. The van der Waals surface area contributed by atoms with E-state index in [-0.39, 0.29) is 12.0 Å². The number of nitrogens with one attached hydrogen (secondary N) is 1. The first-order valence-corrected chi connectivity index (χ1v) is 4.59. The van der Waals surface area contributed by atoms with E-state index in [1.165, 1.54) is 0 Å². The number of esters is 1. The smallest absolute Gasteiger partial charge is 0.323 e. The van der Waals surface area contributed by atoms with Gasteiger partial charge in [0.2, 0.25) is 0 Å². The van der Waals surface area contributed by atoms with Crippen LogP contribution in [0.2, 0.25) is 0 Å². The Balaban J connectivity index is 3.75. The molecule has 0 fully saturated rings. The van der Waals surface area contributed by atoms with Gasteiger partial charge in [-0.2, -0.15) is 0 Å². The van der Waals surface area contributed by atoms with Crippen molar-refractivity contribution < 1.29 is 9.53 Å². The molecule has 0 amide bonds. The summed E-state index contributed by atoms with van der Waals surface area (Å²) in [5.41, 5.74) is 0. The summed E-state index contributed by atoms with van der Waals surface area (Å²) in [7, 11) is 0. The maximum absolute atomic E-state index is 11.2. The molecule has 13 heavy (non-hydrogen) atoms. The van der Waals surface area contributed by atoms with Crippen molar-refractivity contribution in [3.05, 3.63) is 0 Å². The SMILES string of the molecule is C#CCCNC(CC)C(=O)OCC. The fourth-order valence-electron chi connectivity index (χ4n) is 0.956. The number of terminal acetylenes is 1. The van der Waals surface area contributed by atoms with Crippen LogP contribution in [0.4, 0.5) is 0 Å². The lowest BCUT2D eigenvalue weighted by atomic mass is 10.2. The molecule has 1 unspecified atom stereocenters. The van der Waals surface area contributed by atoms with E-state index < -0.39 is 0 Å². The Hall–Kier alpha value is -1.01. The van der Waals surface area contributed by atoms with Gasteiger partial charge in [0.15, 0.2) is 0 Å². The average Bonchev–Trinajstić information content (AvgIpc) is 2.13.